The van der Waals surface area contributed by atoms with Crippen LogP contribution in [0.1, 0.15) is 28.3 Å². The standard InChI is InChI=1S/C22H18N6O2S/c1-13-10-16(14(2)27(13)12-17-4-3-9-30-17)11-18-19(23)28-22(25-20(18)29)31-21(26-28)15-5-7-24-8-6-15/h3-11,23H,12H2,1-2H3. The van der Waals surface area contributed by atoms with Gasteiger partial charge in [-0.2, -0.15) is 15.1 Å². The molecule has 9 heteroatoms. The van der Waals surface area contributed by atoms with Crippen molar-refractivity contribution >= 4 is 39.8 Å². The Balaban J connectivity index is 1.47. The van der Waals surface area contributed by atoms with Crippen molar-refractivity contribution in [2.75, 3.05) is 0 Å². The highest BCUT2D eigenvalue weighted by Crippen LogP contribution is 2.31. The molecule has 0 aliphatic carbocycles. The first kappa shape index (κ1) is 19.3. The fraction of sp³-hybridized carbons (Fsp3) is 0.136. The lowest BCUT2D eigenvalue weighted by Crippen LogP contribution is -2.35. The van der Waals surface area contributed by atoms with Gasteiger partial charge in [-0.15, -0.1) is 0 Å². The monoisotopic (exact) mass is 430 g/mol. The number of hydrazone groups is 1. The second-order valence-corrected chi connectivity index (χ2v) is 8.11. The van der Waals surface area contributed by atoms with Crippen molar-refractivity contribution < 1.29 is 9.21 Å². The lowest BCUT2D eigenvalue weighted by molar-refractivity contribution is -0.114. The van der Waals surface area contributed by atoms with Gasteiger partial charge in [-0.25, -0.2) is 0 Å². The average molecular weight is 430 g/mol. The molecule has 5 heterocycles. The lowest BCUT2D eigenvalue weighted by atomic mass is 10.1. The van der Waals surface area contributed by atoms with Crippen LogP contribution >= 0.6 is 11.8 Å². The first-order chi connectivity index (χ1) is 15.0. The summed E-state index contributed by atoms with van der Waals surface area (Å²) in [4.78, 5) is 20.9. The van der Waals surface area contributed by atoms with Crippen LogP contribution in [0.3, 0.4) is 0 Å². The maximum atomic E-state index is 12.7. The van der Waals surface area contributed by atoms with Crippen molar-refractivity contribution in [1.82, 2.24) is 14.6 Å². The Hall–Kier alpha value is -3.72. The van der Waals surface area contributed by atoms with Gasteiger partial charge in [0.25, 0.3) is 5.91 Å². The molecule has 0 spiro atoms. The molecule has 0 radical (unpaired) electrons. The summed E-state index contributed by atoms with van der Waals surface area (Å²) in [5.41, 5.74) is 3.95. The third-order valence-corrected chi connectivity index (χ3v) is 6.15. The number of carbonyl (C=O) groups excluding carboxylic acids is 1. The summed E-state index contributed by atoms with van der Waals surface area (Å²) >= 11 is 1.27. The van der Waals surface area contributed by atoms with Gasteiger partial charge in [-0.05, 0) is 67.6 Å². The average Bonchev–Trinajstić information content (AvgIpc) is 3.49. The summed E-state index contributed by atoms with van der Waals surface area (Å²) in [5, 5.41) is 15.6. The topological polar surface area (TPSA) is 99.8 Å². The van der Waals surface area contributed by atoms with Gasteiger partial charge < -0.3 is 8.98 Å². The molecule has 0 aromatic carbocycles. The van der Waals surface area contributed by atoms with E-state index in [-0.39, 0.29) is 11.4 Å². The molecule has 31 heavy (non-hydrogen) atoms. The third-order valence-electron chi connectivity index (χ3n) is 5.19. The van der Waals surface area contributed by atoms with E-state index in [2.05, 4.69) is 19.6 Å². The summed E-state index contributed by atoms with van der Waals surface area (Å²) in [7, 11) is 0. The van der Waals surface area contributed by atoms with Gasteiger partial charge in [0.05, 0.1) is 18.4 Å². The number of hydrogen-bond donors (Lipinski definition) is 1. The summed E-state index contributed by atoms with van der Waals surface area (Å²) < 4.78 is 7.58. The molecule has 5 rings (SSSR count). The van der Waals surface area contributed by atoms with Gasteiger partial charge in [0.1, 0.15) is 10.8 Å². The third kappa shape index (κ3) is 3.42. The van der Waals surface area contributed by atoms with E-state index in [1.54, 1.807) is 24.7 Å². The Morgan fingerprint density at radius 3 is 2.77 bits per heavy atom. The van der Waals surface area contributed by atoms with Gasteiger partial charge >= 0.3 is 0 Å². The maximum absolute atomic E-state index is 12.7. The molecule has 0 fully saturated rings. The fourth-order valence-corrected chi connectivity index (χ4v) is 4.43. The van der Waals surface area contributed by atoms with E-state index in [0.717, 1.165) is 28.3 Å². The Labute approximate surface area is 182 Å². The molecule has 2 aliphatic rings. The molecule has 1 N–H and O–H groups in total. The SMILES string of the molecule is Cc1cc(C=C2C(=N)N3N=C(c4ccncc4)SC3=NC2=O)c(C)n1Cc1ccco1. The zero-order valence-corrected chi connectivity index (χ0v) is 17.7. The normalized spacial score (nSPS) is 17.2. The van der Waals surface area contributed by atoms with E-state index < -0.39 is 5.91 Å². The first-order valence-corrected chi connectivity index (χ1v) is 10.4. The minimum Gasteiger partial charge on any atom is -0.467 e. The Kier molecular flexibility index (Phi) is 4.67. The molecular formula is C22H18N6O2S. The summed E-state index contributed by atoms with van der Waals surface area (Å²) in [6, 6.07) is 9.45. The van der Waals surface area contributed by atoms with E-state index >= 15 is 0 Å². The highest BCUT2D eigenvalue weighted by molar-refractivity contribution is 8.27. The van der Waals surface area contributed by atoms with Crippen molar-refractivity contribution in [3.63, 3.8) is 0 Å². The van der Waals surface area contributed by atoms with E-state index in [9.17, 15) is 4.79 Å². The number of nitrogens with one attached hydrogen (secondary N) is 1. The molecule has 0 atom stereocenters. The van der Waals surface area contributed by atoms with E-state index in [0.29, 0.717) is 16.8 Å². The van der Waals surface area contributed by atoms with E-state index in [4.69, 9.17) is 9.83 Å². The number of aliphatic imine (C=N–C) groups is 1. The minimum absolute atomic E-state index is 0.0161. The second kappa shape index (κ2) is 7.51. The van der Waals surface area contributed by atoms with Gasteiger partial charge in [0.2, 0.25) is 5.17 Å². The van der Waals surface area contributed by atoms with Gasteiger partial charge in [0, 0.05) is 29.3 Å². The molecule has 154 valence electrons. The highest BCUT2D eigenvalue weighted by Gasteiger charge is 2.36. The number of pyridine rings is 1. The number of amidine groups is 2. The molecule has 8 nitrogen and oxygen atoms in total. The quantitative estimate of drug-likeness (QED) is 0.635. The molecule has 1 amide bonds. The molecular weight excluding hydrogens is 412 g/mol. The predicted molar refractivity (Wildman–Crippen MR) is 120 cm³/mol. The number of furan rings is 1. The van der Waals surface area contributed by atoms with Gasteiger partial charge in [-0.3, -0.25) is 15.2 Å². The zero-order valence-electron chi connectivity index (χ0n) is 16.9. The van der Waals surface area contributed by atoms with E-state index in [1.807, 2.05) is 44.2 Å². The minimum atomic E-state index is -0.439. The number of hydrogen-bond acceptors (Lipinski definition) is 6. The van der Waals surface area contributed by atoms with Crippen LogP contribution < -0.4 is 0 Å². The van der Waals surface area contributed by atoms with Crippen molar-refractivity contribution in [1.29, 1.82) is 5.41 Å². The van der Waals surface area contributed by atoms with Crippen molar-refractivity contribution in [3.8, 4) is 0 Å². The van der Waals surface area contributed by atoms with Crippen LogP contribution in [0, 0.1) is 19.3 Å². The summed E-state index contributed by atoms with van der Waals surface area (Å²) in [6.45, 7) is 4.59. The molecule has 0 bridgehead atoms. The van der Waals surface area contributed by atoms with Crippen molar-refractivity contribution in [2.45, 2.75) is 20.4 Å². The Morgan fingerprint density at radius 1 is 1.23 bits per heavy atom. The van der Waals surface area contributed by atoms with Crippen LogP contribution in [-0.4, -0.2) is 36.5 Å². The number of rotatable bonds is 4. The fourth-order valence-electron chi connectivity index (χ4n) is 3.53. The number of aromatic nitrogens is 2. The smallest absolute Gasteiger partial charge is 0.283 e. The number of thioether (sulfide) groups is 1. The predicted octanol–water partition coefficient (Wildman–Crippen LogP) is 3.81. The lowest BCUT2D eigenvalue weighted by Gasteiger charge is -2.20. The molecule has 2 aliphatic heterocycles. The summed E-state index contributed by atoms with van der Waals surface area (Å²) in [5.74, 6) is 0.428. The van der Waals surface area contributed by atoms with Crippen molar-refractivity contribution in [3.05, 3.63) is 82.8 Å². The first-order valence-electron chi connectivity index (χ1n) is 9.61. The molecule has 3 aromatic heterocycles. The number of carbonyl (C=O) groups is 1. The maximum Gasteiger partial charge on any atom is 0.283 e. The van der Waals surface area contributed by atoms with Crippen LogP contribution in [0.4, 0.5) is 0 Å². The van der Waals surface area contributed by atoms with Gasteiger partial charge in [0.15, 0.2) is 5.84 Å². The van der Waals surface area contributed by atoms with Crippen LogP contribution in [0.15, 0.2) is 69.1 Å². The van der Waals surface area contributed by atoms with Crippen molar-refractivity contribution in [2.24, 2.45) is 10.1 Å². The largest absolute Gasteiger partial charge is 0.467 e. The van der Waals surface area contributed by atoms with Crippen LogP contribution in [0.25, 0.3) is 6.08 Å². The molecule has 0 saturated heterocycles. The highest BCUT2D eigenvalue weighted by atomic mass is 32.2. The molecule has 3 aromatic rings. The number of nitrogens with zero attached hydrogens (tertiary/aromatic N) is 5. The second-order valence-electron chi connectivity index (χ2n) is 7.15. The zero-order chi connectivity index (χ0) is 21.5. The van der Waals surface area contributed by atoms with Crippen LogP contribution in [0.2, 0.25) is 0 Å². The number of amides is 1. The Bertz CT molecular complexity index is 1290. The summed E-state index contributed by atoms with van der Waals surface area (Å²) in [6.07, 6.45) is 6.73. The van der Waals surface area contributed by atoms with Crippen LogP contribution in [0.5, 0.6) is 0 Å². The molecule has 0 saturated carbocycles. The molecule has 0 unspecified atom stereocenters. The van der Waals surface area contributed by atoms with Gasteiger partial charge in [-0.1, -0.05) is 0 Å². The van der Waals surface area contributed by atoms with E-state index in [1.165, 1.54) is 16.8 Å². The van der Waals surface area contributed by atoms with Crippen LogP contribution in [-0.2, 0) is 11.3 Å². The number of fused-ring (bicyclic) bond motifs is 1. The Morgan fingerprint density at radius 2 is 2.03 bits per heavy atom. The number of aryl methyl sites for hydroxylation is 1.